The third kappa shape index (κ3) is 3.98. The molecular formula is C21H21F2N5O3. The van der Waals surface area contributed by atoms with Crippen LogP contribution in [0.2, 0.25) is 0 Å². The summed E-state index contributed by atoms with van der Waals surface area (Å²) in [6.07, 6.45) is 5.42. The molecule has 0 spiro atoms. The van der Waals surface area contributed by atoms with Crippen LogP contribution in [0.3, 0.4) is 0 Å². The minimum Gasteiger partial charge on any atom is -0.433 e. The molecule has 0 aromatic carbocycles. The summed E-state index contributed by atoms with van der Waals surface area (Å²) >= 11 is 0. The van der Waals surface area contributed by atoms with E-state index in [0.29, 0.717) is 34.7 Å². The zero-order valence-electron chi connectivity index (χ0n) is 17.2. The van der Waals surface area contributed by atoms with Crippen molar-refractivity contribution in [2.75, 3.05) is 4.90 Å². The van der Waals surface area contributed by atoms with Crippen LogP contribution in [0.4, 0.5) is 14.5 Å². The summed E-state index contributed by atoms with van der Waals surface area (Å²) in [5, 5.41) is 13.8. The van der Waals surface area contributed by atoms with Crippen molar-refractivity contribution in [3.05, 3.63) is 53.7 Å². The smallest absolute Gasteiger partial charge is 0.387 e. The summed E-state index contributed by atoms with van der Waals surface area (Å²) in [6.45, 7) is 2.69. The van der Waals surface area contributed by atoms with E-state index in [1.54, 1.807) is 35.0 Å². The summed E-state index contributed by atoms with van der Waals surface area (Å²) in [5.74, 6) is -0.257. The highest BCUT2D eigenvalue weighted by molar-refractivity contribution is 6.11. The number of pyridine rings is 2. The van der Waals surface area contributed by atoms with Crippen molar-refractivity contribution < 1.29 is 23.4 Å². The van der Waals surface area contributed by atoms with Gasteiger partial charge in [-0.15, -0.1) is 0 Å². The standard InChI is InChI=1S/C21H21F2N5O3/c1-11-4-17(14-5-16(8-24-6-14)31-21(22)23)26-19-13(3)28(20(30)18(11)19)15-7-25-27(10-15)9-12(2)29/h4-8,10,12-13,21,29H,9H2,1-3H3/t12-,13+/m0/s1. The SMILES string of the molecule is Cc1cc(-c2cncc(OC(F)F)c2)nc2c1C(=O)N(c1cnn(C[C@H](C)O)c1)[C@@H]2C. The van der Waals surface area contributed by atoms with Gasteiger partial charge in [-0.2, -0.15) is 13.9 Å². The molecule has 0 saturated heterocycles. The van der Waals surface area contributed by atoms with Crippen LogP contribution in [0.1, 0.15) is 41.5 Å². The van der Waals surface area contributed by atoms with E-state index in [1.807, 2.05) is 13.8 Å². The molecule has 0 bridgehead atoms. The number of ether oxygens (including phenoxy) is 1. The Balaban J connectivity index is 1.69. The number of halogens is 2. The van der Waals surface area contributed by atoms with E-state index in [2.05, 4.69) is 19.8 Å². The molecule has 1 aliphatic rings. The molecule has 4 heterocycles. The summed E-state index contributed by atoms with van der Waals surface area (Å²) < 4.78 is 31.1. The Bertz CT molecular complexity index is 1130. The summed E-state index contributed by atoms with van der Waals surface area (Å²) in [7, 11) is 0. The molecule has 1 N–H and O–H groups in total. The fraction of sp³-hybridized carbons (Fsp3) is 0.333. The van der Waals surface area contributed by atoms with Crippen LogP contribution in [0.25, 0.3) is 11.3 Å². The number of aliphatic hydroxyl groups excluding tert-OH is 1. The van der Waals surface area contributed by atoms with Crippen molar-refractivity contribution in [3.8, 4) is 17.0 Å². The van der Waals surface area contributed by atoms with Crippen LogP contribution in [0, 0.1) is 6.92 Å². The summed E-state index contributed by atoms with van der Waals surface area (Å²) in [5.41, 5.74) is 3.43. The minimum atomic E-state index is -2.95. The fourth-order valence-electron chi connectivity index (χ4n) is 3.76. The van der Waals surface area contributed by atoms with E-state index >= 15 is 0 Å². The largest absolute Gasteiger partial charge is 0.433 e. The second-order valence-corrected chi connectivity index (χ2v) is 7.49. The monoisotopic (exact) mass is 429 g/mol. The third-order valence-corrected chi connectivity index (χ3v) is 5.04. The molecule has 0 fully saturated rings. The van der Waals surface area contributed by atoms with Crippen LogP contribution in [-0.4, -0.2) is 43.5 Å². The topological polar surface area (TPSA) is 93.4 Å². The van der Waals surface area contributed by atoms with Gasteiger partial charge in [0.2, 0.25) is 0 Å². The fourth-order valence-corrected chi connectivity index (χ4v) is 3.76. The number of amides is 1. The second kappa shape index (κ2) is 8.03. The van der Waals surface area contributed by atoms with Gasteiger partial charge >= 0.3 is 6.61 Å². The van der Waals surface area contributed by atoms with Crippen LogP contribution >= 0.6 is 0 Å². The molecular weight excluding hydrogens is 408 g/mol. The quantitative estimate of drug-likeness (QED) is 0.646. The van der Waals surface area contributed by atoms with Gasteiger partial charge < -0.3 is 9.84 Å². The van der Waals surface area contributed by atoms with Crippen molar-refractivity contribution in [1.82, 2.24) is 19.7 Å². The molecule has 162 valence electrons. The van der Waals surface area contributed by atoms with Crippen LogP contribution < -0.4 is 9.64 Å². The molecule has 10 heteroatoms. The van der Waals surface area contributed by atoms with Gasteiger partial charge in [-0.25, -0.2) is 4.98 Å². The molecule has 3 aromatic rings. The first-order valence-electron chi connectivity index (χ1n) is 9.70. The Morgan fingerprint density at radius 3 is 2.74 bits per heavy atom. The van der Waals surface area contributed by atoms with Gasteiger partial charge in [0.25, 0.3) is 5.91 Å². The molecule has 1 aliphatic heterocycles. The molecule has 3 aromatic heterocycles. The lowest BCUT2D eigenvalue weighted by Gasteiger charge is -2.19. The van der Waals surface area contributed by atoms with Gasteiger partial charge in [0, 0.05) is 18.0 Å². The van der Waals surface area contributed by atoms with Gasteiger partial charge in [0.1, 0.15) is 5.75 Å². The van der Waals surface area contributed by atoms with Crippen molar-refractivity contribution in [3.63, 3.8) is 0 Å². The van der Waals surface area contributed by atoms with E-state index in [9.17, 15) is 18.7 Å². The Kier molecular flexibility index (Phi) is 5.40. The predicted molar refractivity (Wildman–Crippen MR) is 108 cm³/mol. The maximum atomic E-state index is 13.2. The van der Waals surface area contributed by atoms with Crippen LogP contribution in [0.5, 0.6) is 5.75 Å². The molecule has 31 heavy (non-hydrogen) atoms. The number of alkyl halides is 2. The van der Waals surface area contributed by atoms with Crippen LogP contribution in [0.15, 0.2) is 36.9 Å². The molecule has 0 radical (unpaired) electrons. The van der Waals surface area contributed by atoms with Crippen molar-refractivity contribution in [1.29, 1.82) is 0 Å². The number of aryl methyl sites for hydroxylation is 1. The van der Waals surface area contributed by atoms with Gasteiger partial charge in [0.05, 0.1) is 53.7 Å². The number of rotatable bonds is 6. The highest BCUT2D eigenvalue weighted by Gasteiger charge is 2.38. The summed E-state index contributed by atoms with van der Waals surface area (Å²) in [6, 6.07) is 2.80. The normalized spacial score (nSPS) is 16.7. The van der Waals surface area contributed by atoms with E-state index in [0.717, 1.165) is 5.56 Å². The number of nitrogens with zero attached hydrogens (tertiary/aromatic N) is 5. The van der Waals surface area contributed by atoms with Crippen LogP contribution in [-0.2, 0) is 6.54 Å². The Labute approximate surface area is 177 Å². The maximum Gasteiger partial charge on any atom is 0.387 e. The molecule has 0 saturated carbocycles. The lowest BCUT2D eigenvalue weighted by molar-refractivity contribution is -0.0500. The number of hydrogen-bond donors (Lipinski definition) is 1. The summed E-state index contributed by atoms with van der Waals surface area (Å²) in [4.78, 5) is 23.4. The first-order valence-corrected chi connectivity index (χ1v) is 9.70. The zero-order chi connectivity index (χ0) is 22.3. The lowest BCUT2D eigenvalue weighted by Crippen LogP contribution is -2.26. The van der Waals surface area contributed by atoms with Gasteiger partial charge in [0.15, 0.2) is 0 Å². The molecule has 0 unspecified atom stereocenters. The number of fused-ring (bicyclic) bond motifs is 1. The number of aliphatic hydroxyl groups is 1. The lowest BCUT2D eigenvalue weighted by atomic mass is 10.0. The van der Waals surface area contributed by atoms with Gasteiger partial charge in [-0.3, -0.25) is 19.4 Å². The molecule has 8 nitrogen and oxygen atoms in total. The Morgan fingerprint density at radius 1 is 1.26 bits per heavy atom. The predicted octanol–water partition coefficient (Wildman–Crippen LogP) is 3.35. The minimum absolute atomic E-state index is 0.0660. The van der Waals surface area contributed by atoms with Crippen molar-refractivity contribution in [2.45, 2.75) is 46.1 Å². The van der Waals surface area contributed by atoms with Crippen molar-refractivity contribution in [2.24, 2.45) is 0 Å². The zero-order valence-corrected chi connectivity index (χ0v) is 17.2. The molecule has 1 amide bonds. The highest BCUT2D eigenvalue weighted by atomic mass is 19.3. The first kappa shape index (κ1) is 20.9. The number of anilines is 1. The maximum absolute atomic E-state index is 13.2. The van der Waals surface area contributed by atoms with Gasteiger partial charge in [-0.05, 0) is 38.5 Å². The average Bonchev–Trinajstić information content (AvgIpc) is 3.23. The van der Waals surface area contributed by atoms with Crippen molar-refractivity contribution >= 4 is 11.6 Å². The molecule has 2 atom stereocenters. The number of carbonyl (C=O) groups is 1. The van der Waals surface area contributed by atoms with E-state index in [1.165, 1.54) is 18.5 Å². The number of hydrogen-bond acceptors (Lipinski definition) is 6. The second-order valence-electron chi connectivity index (χ2n) is 7.49. The third-order valence-electron chi connectivity index (χ3n) is 5.04. The first-order chi connectivity index (χ1) is 14.7. The molecule has 4 rings (SSSR count). The van der Waals surface area contributed by atoms with E-state index in [-0.39, 0.29) is 17.7 Å². The highest BCUT2D eigenvalue weighted by Crippen LogP contribution is 2.39. The Hall–Kier alpha value is -3.40. The Morgan fingerprint density at radius 2 is 2.03 bits per heavy atom. The average molecular weight is 429 g/mol. The van der Waals surface area contributed by atoms with E-state index in [4.69, 9.17) is 0 Å². The van der Waals surface area contributed by atoms with Gasteiger partial charge in [-0.1, -0.05) is 0 Å². The van der Waals surface area contributed by atoms with E-state index < -0.39 is 12.7 Å². The molecule has 0 aliphatic carbocycles. The number of carbonyl (C=O) groups excluding carboxylic acids is 1. The number of aromatic nitrogens is 4.